The summed E-state index contributed by atoms with van der Waals surface area (Å²) in [6, 6.07) is 4.09. The van der Waals surface area contributed by atoms with Crippen LogP contribution in [0.2, 0.25) is 0 Å². The molecule has 1 amide bonds. The molecule has 1 aliphatic heterocycles. The fraction of sp³-hybridized carbons (Fsp3) is 0.588. The Balaban J connectivity index is 1.56. The second-order valence-corrected chi connectivity index (χ2v) is 6.52. The third-order valence-electron chi connectivity index (χ3n) is 4.41. The van der Waals surface area contributed by atoms with Gasteiger partial charge in [0.25, 0.3) is 0 Å². The number of aliphatic hydroxyl groups is 1. The number of hydrogen-bond donors (Lipinski definition) is 3. The Morgan fingerprint density at radius 2 is 2.30 bits per heavy atom. The van der Waals surface area contributed by atoms with Crippen LogP contribution >= 0.6 is 0 Å². The molecule has 126 valence electrons. The molecule has 3 unspecified atom stereocenters. The minimum atomic E-state index is -0.485. The summed E-state index contributed by atoms with van der Waals surface area (Å²) < 4.78 is 19.6. The van der Waals surface area contributed by atoms with Crippen molar-refractivity contribution in [1.82, 2.24) is 10.6 Å². The smallest absolute Gasteiger partial charge is 0.237 e. The van der Waals surface area contributed by atoms with Crippen molar-refractivity contribution in [2.75, 3.05) is 13.2 Å². The number of aliphatic hydroxyl groups excluding tert-OH is 1. The highest BCUT2D eigenvalue weighted by atomic mass is 19.1. The van der Waals surface area contributed by atoms with Gasteiger partial charge in [0.1, 0.15) is 0 Å². The van der Waals surface area contributed by atoms with E-state index in [9.17, 15) is 14.3 Å². The number of carbonyl (C=O) groups is 1. The van der Waals surface area contributed by atoms with E-state index in [4.69, 9.17) is 4.74 Å². The third-order valence-corrected chi connectivity index (χ3v) is 4.41. The molecule has 6 heteroatoms. The number of benzene rings is 1. The van der Waals surface area contributed by atoms with Crippen molar-refractivity contribution < 1.29 is 19.0 Å². The first-order valence-electron chi connectivity index (χ1n) is 8.17. The molecular weight excluding hydrogens is 299 g/mol. The Labute approximate surface area is 135 Å². The zero-order valence-corrected chi connectivity index (χ0v) is 13.2. The van der Waals surface area contributed by atoms with Crippen LogP contribution in [0.4, 0.5) is 4.39 Å². The largest absolute Gasteiger partial charge is 0.490 e. The maximum Gasteiger partial charge on any atom is 0.237 e. The summed E-state index contributed by atoms with van der Waals surface area (Å²) in [7, 11) is 0. The topological polar surface area (TPSA) is 70.6 Å². The number of rotatable bonds is 6. The Morgan fingerprint density at radius 1 is 1.52 bits per heavy atom. The minimum Gasteiger partial charge on any atom is -0.490 e. The van der Waals surface area contributed by atoms with Crippen molar-refractivity contribution in [2.45, 2.75) is 44.4 Å². The normalized spacial score (nSPS) is 25.2. The highest BCUT2D eigenvalue weighted by Gasteiger charge is 2.29. The monoisotopic (exact) mass is 322 g/mol. The quantitative estimate of drug-likeness (QED) is 0.742. The molecule has 5 nitrogen and oxygen atoms in total. The maximum absolute atomic E-state index is 14.1. The zero-order valence-electron chi connectivity index (χ0n) is 13.2. The van der Waals surface area contributed by atoms with Crippen LogP contribution in [0, 0.1) is 11.7 Å². The van der Waals surface area contributed by atoms with E-state index in [1.54, 1.807) is 12.1 Å². The fourth-order valence-electron chi connectivity index (χ4n) is 2.71. The van der Waals surface area contributed by atoms with Gasteiger partial charge in [-0.2, -0.15) is 0 Å². The molecule has 23 heavy (non-hydrogen) atoms. The van der Waals surface area contributed by atoms with Gasteiger partial charge in [0.15, 0.2) is 11.6 Å². The summed E-state index contributed by atoms with van der Waals surface area (Å²) in [5, 5.41) is 15.3. The van der Waals surface area contributed by atoms with Crippen LogP contribution in [-0.2, 0) is 4.79 Å². The predicted molar refractivity (Wildman–Crippen MR) is 83.6 cm³/mol. The first-order chi connectivity index (χ1) is 11.0. The van der Waals surface area contributed by atoms with Crippen LogP contribution in [0.5, 0.6) is 5.75 Å². The molecule has 2 aliphatic rings. The van der Waals surface area contributed by atoms with Crippen molar-refractivity contribution >= 4 is 5.91 Å². The van der Waals surface area contributed by atoms with Gasteiger partial charge in [0.2, 0.25) is 5.91 Å². The molecule has 2 fully saturated rings. The van der Waals surface area contributed by atoms with Gasteiger partial charge in [0.05, 0.1) is 24.8 Å². The number of halogens is 1. The van der Waals surface area contributed by atoms with Gasteiger partial charge in [-0.3, -0.25) is 4.79 Å². The molecule has 1 saturated carbocycles. The summed E-state index contributed by atoms with van der Waals surface area (Å²) in [6.45, 7) is 2.80. The van der Waals surface area contributed by atoms with Crippen molar-refractivity contribution in [3.05, 3.63) is 29.6 Å². The summed E-state index contributed by atoms with van der Waals surface area (Å²) in [4.78, 5) is 12.1. The number of carbonyl (C=O) groups excluding carboxylic acids is 1. The Hall–Kier alpha value is -1.66. The molecule has 0 radical (unpaired) electrons. The van der Waals surface area contributed by atoms with Crippen LogP contribution in [0.3, 0.4) is 0 Å². The number of amides is 1. The Morgan fingerprint density at radius 3 is 2.91 bits per heavy atom. The SMILES string of the molecule is CC(NC(=O)C1CC(O)CN1)c1ccc(OCC2CC2)c(F)c1. The number of ether oxygens (including phenoxy) is 1. The first kappa shape index (κ1) is 16.2. The lowest BCUT2D eigenvalue weighted by atomic mass is 10.1. The third kappa shape index (κ3) is 4.20. The number of nitrogens with one attached hydrogen (secondary N) is 2. The van der Waals surface area contributed by atoms with Gasteiger partial charge in [-0.25, -0.2) is 4.39 Å². The Bertz CT molecular complexity index is 577. The van der Waals surface area contributed by atoms with E-state index >= 15 is 0 Å². The van der Waals surface area contributed by atoms with Crippen LogP contribution in [-0.4, -0.2) is 36.3 Å². The van der Waals surface area contributed by atoms with Gasteiger partial charge < -0.3 is 20.5 Å². The van der Waals surface area contributed by atoms with Gasteiger partial charge in [-0.1, -0.05) is 6.07 Å². The molecule has 3 rings (SSSR count). The second-order valence-electron chi connectivity index (χ2n) is 6.52. The van der Waals surface area contributed by atoms with Crippen molar-refractivity contribution in [3.8, 4) is 5.75 Å². The number of β-amino-alcohol motifs (C(OH)–C–C–N with tert-alkyl or cyclic N) is 1. The molecule has 0 aromatic heterocycles. The molecule has 1 saturated heterocycles. The van der Waals surface area contributed by atoms with Crippen LogP contribution in [0.15, 0.2) is 18.2 Å². The van der Waals surface area contributed by atoms with Gasteiger partial charge in [-0.15, -0.1) is 0 Å². The average Bonchev–Trinajstić information content (AvgIpc) is 3.25. The molecule has 3 atom stereocenters. The molecule has 1 aromatic carbocycles. The van der Waals surface area contributed by atoms with E-state index in [1.807, 2.05) is 6.92 Å². The fourth-order valence-corrected chi connectivity index (χ4v) is 2.71. The van der Waals surface area contributed by atoms with Crippen LogP contribution < -0.4 is 15.4 Å². The van der Waals surface area contributed by atoms with Crippen LogP contribution in [0.1, 0.15) is 37.8 Å². The molecule has 1 aromatic rings. The molecule has 1 aliphatic carbocycles. The molecule has 0 bridgehead atoms. The van der Waals surface area contributed by atoms with Gasteiger partial charge in [-0.05, 0) is 49.8 Å². The first-order valence-corrected chi connectivity index (χ1v) is 8.17. The summed E-state index contributed by atoms with van der Waals surface area (Å²) in [5.41, 5.74) is 0.688. The van der Waals surface area contributed by atoms with E-state index in [1.165, 1.54) is 6.07 Å². The van der Waals surface area contributed by atoms with Crippen LogP contribution in [0.25, 0.3) is 0 Å². The summed E-state index contributed by atoms with van der Waals surface area (Å²) in [5.74, 6) is 0.253. The van der Waals surface area contributed by atoms with Gasteiger partial charge in [0, 0.05) is 6.54 Å². The zero-order chi connectivity index (χ0) is 16.4. The average molecular weight is 322 g/mol. The molecule has 0 spiro atoms. The lowest BCUT2D eigenvalue weighted by Gasteiger charge is -2.18. The highest BCUT2D eigenvalue weighted by Crippen LogP contribution is 2.30. The van der Waals surface area contributed by atoms with Crippen molar-refractivity contribution in [2.24, 2.45) is 5.92 Å². The molecule has 3 N–H and O–H groups in total. The van der Waals surface area contributed by atoms with E-state index in [0.29, 0.717) is 31.1 Å². The van der Waals surface area contributed by atoms with Crippen molar-refractivity contribution in [3.63, 3.8) is 0 Å². The van der Waals surface area contributed by atoms with E-state index in [2.05, 4.69) is 10.6 Å². The minimum absolute atomic E-state index is 0.177. The molecule has 1 heterocycles. The summed E-state index contributed by atoms with van der Waals surface area (Å²) in [6.07, 6.45) is 2.24. The van der Waals surface area contributed by atoms with Gasteiger partial charge >= 0.3 is 0 Å². The second kappa shape index (κ2) is 6.84. The standard InChI is InChI=1S/C17H23FN2O3/c1-10(20-17(22)15-7-13(21)8-19-15)12-4-5-16(14(18)6-12)23-9-11-2-3-11/h4-6,10-11,13,15,19,21H,2-3,7-9H2,1H3,(H,20,22). The summed E-state index contributed by atoms with van der Waals surface area (Å²) >= 11 is 0. The van der Waals surface area contributed by atoms with E-state index < -0.39 is 18.0 Å². The molecular formula is C17H23FN2O3. The van der Waals surface area contributed by atoms with E-state index in [-0.39, 0.29) is 17.7 Å². The lowest BCUT2D eigenvalue weighted by Crippen LogP contribution is -2.41. The predicted octanol–water partition coefficient (Wildman–Crippen LogP) is 1.51. The highest BCUT2D eigenvalue weighted by molar-refractivity contribution is 5.82. The Kier molecular flexibility index (Phi) is 4.82. The lowest BCUT2D eigenvalue weighted by molar-refractivity contribution is -0.123. The van der Waals surface area contributed by atoms with E-state index in [0.717, 1.165) is 12.8 Å². The number of hydrogen-bond acceptors (Lipinski definition) is 4. The van der Waals surface area contributed by atoms with Crippen molar-refractivity contribution in [1.29, 1.82) is 0 Å². The maximum atomic E-state index is 14.1.